The standard InChI is InChI=1S/C38H45N3O6S/c1-5-7-24-39-38(43)36(26-30-12-9-8-10-13-30)40(27-31-14-11-15-34(25-31)46-4)37(42)28-41(32-18-16-29(3)17-19-32)48(44,45)35-22-20-33(21-23-35)47-6-2/h8-23,25,36H,5-7,24,26-28H2,1-4H3,(H,39,43). The normalized spacial score (nSPS) is 11.8. The van der Waals surface area contributed by atoms with Gasteiger partial charge in [-0.3, -0.25) is 13.9 Å². The molecule has 4 aromatic carbocycles. The first-order chi connectivity index (χ1) is 23.2. The van der Waals surface area contributed by atoms with Crippen LogP contribution in [0.1, 0.15) is 43.4 Å². The molecule has 0 aliphatic rings. The fourth-order valence-corrected chi connectivity index (χ4v) is 6.68. The van der Waals surface area contributed by atoms with E-state index >= 15 is 0 Å². The number of carbonyl (C=O) groups excluding carboxylic acids is 2. The SMILES string of the molecule is CCCCNC(=O)C(Cc1ccccc1)N(Cc1cccc(OC)c1)C(=O)CN(c1ccc(C)cc1)S(=O)(=O)c1ccc(OCC)cc1. The van der Waals surface area contributed by atoms with Gasteiger partial charge in [-0.2, -0.15) is 0 Å². The average Bonchev–Trinajstić information content (AvgIpc) is 3.10. The van der Waals surface area contributed by atoms with Crippen molar-refractivity contribution in [1.29, 1.82) is 0 Å². The molecule has 1 atom stereocenters. The molecule has 10 heteroatoms. The van der Waals surface area contributed by atoms with Gasteiger partial charge in [0.2, 0.25) is 11.8 Å². The first-order valence-corrected chi connectivity index (χ1v) is 17.7. The Bertz CT molecular complexity index is 1730. The number of methoxy groups -OCH3 is 1. The number of anilines is 1. The number of benzene rings is 4. The van der Waals surface area contributed by atoms with Crippen LogP contribution in [0.3, 0.4) is 0 Å². The second kappa shape index (κ2) is 17.4. The number of ether oxygens (including phenoxy) is 2. The van der Waals surface area contributed by atoms with Gasteiger partial charge in [-0.15, -0.1) is 0 Å². The van der Waals surface area contributed by atoms with Crippen molar-refractivity contribution in [1.82, 2.24) is 10.2 Å². The fourth-order valence-electron chi connectivity index (χ4n) is 5.27. The number of amides is 2. The summed E-state index contributed by atoms with van der Waals surface area (Å²) in [5.74, 6) is 0.308. The molecule has 48 heavy (non-hydrogen) atoms. The molecule has 4 aromatic rings. The van der Waals surface area contributed by atoms with Gasteiger partial charge in [-0.1, -0.05) is 73.5 Å². The highest BCUT2D eigenvalue weighted by atomic mass is 32.2. The lowest BCUT2D eigenvalue weighted by molar-refractivity contribution is -0.140. The molecule has 0 heterocycles. The smallest absolute Gasteiger partial charge is 0.264 e. The highest BCUT2D eigenvalue weighted by molar-refractivity contribution is 7.92. The van der Waals surface area contributed by atoms with Gasteiger partial charge in [0.15, 0.2) is 0 Å². The molecule has 9 nitrogen and oxygen atoms in total. The molecule has 1 unspecified atom stereocenters. The van der Waals surface area contributed by atoms with E-state index in [1.165, 1.54) is 17.0 Å². The summed E-state index contributed by atoms with van der Waals surface area (Å²) >= 11 is 0. The predicted molar refractivity (Wildman–Crippen MR) is 189 cm³/mol. The van der Waals surface area contributed by atoms with E-state index in [9.17, 15) is 18.0 Å². The molecular weight excluding hydrogens is 627 g/mol. The van der Waals surface area contributed by atoms with Crippen LogP contribution in [0.4, 0.5) is 5.69 Å². The van der Waals surface area contributed by atoms with Crippen molar-refractivity contribution >= 4 is 27.5 Å². The van der Waals surface area contributed by atoms with E-state index in [0.717, 1.165) is 33.8 Å². The summed E-state index contributed by atoms with van der Waals surface area (Å²) in [6.07, 6.45) is 1.92. The van der Waals surface area contributed by atoms with Gasteiger partial charge in [-0.25, -0.2) is 8.42 Å². The summed E-state index contributed by atoms with van der Waals surface area (Å²) in [6.45, 7) is 6.22. The van der Waals surface area contributed by atoms with Crippen molar-refractivity contribution in [3.05, 3.63) is 120 Å². The summed E-state index contributed by atoms with van der Waals surface area (Å²) < 4.78 is 40.6. The van der Waals surface area contributed by atoms with Gasteiger partial charge in [-0.05, 0) is 79.9 Å². The van der Waals surface area contributed by atoms with Crippen LogP contribution in [0.25, 0.3) is 0 Å². The number of unbranched alkanes of at least 4 members (excludes halogenated alkanes) is 1. The van der Waals surface area contributed by atoms with Crippen LogP contribution in [0.2, 0.25) is 0 Å². The second-order valence-electron chi connectivity index (χ2n) is 11.5. The number of hydrogen-bond donors (Lipinski definition) is 1. The van der Waals surface area contributed by atoms with Crippen molar-refractivity contribution in [2.24, 2.45) is 0 Å². The molecule has 0 bridgehead atoms. The van der Waals surface area contributed by atoms with Gasteiger partial charge in [0.05, 0.1) is 24.3 Å². The van der Waals surface area contributed by atoms with Crippen LogP contribution in [0.5, 0.6) is 11.5 Å². The van der Waals surface area contributed by atoms with E-state index in [4.69, 9.17) is 9.47 Å². The van der Waals surface area contributed by atoms with E-state index < -0.39 is 28.5 Å². The van der Waals surface area contributed by atoms with Crippen LogP contribution >= 0.6 is 0 Å². The topological polar surface area (TPSA) is 105 Å². The summed E-state index contributed by atoms with van der Waals surface area (Å²) in [5.41, 5.74) is 2.87. The van der Waals surface area contributed by atoms with Crippen LogP contribution in [-0.4, -0.2) is 58.0 Å². The van der Waals surface area contributed by atoms with Crippen LogP contribution < -0.4 is 19.1 Å². The minimum atomic E-state index is -4.22. The summed E-state index contributed by atoms with van der Waals surface area (Å²) in [5, 5.41) is 3.01. The van der Waals surface area contributed by atoms with Gasteiger partial charge in [0.25, 0.3) is 10.0 Å². The lowest BCUT2D eigenvalue weighted by Gasteiger charge is -2.34. The number of nitrogens with one attached hydrogen (secondary N) is 1. The second-order valence-corrected chi connectivity index (χ2v) is 13.3. The van der Waals surface area contributed by atoms with Crippen LogP contribution in [-0.2, 0) is 32.6 Å². The maximum absolute atomic E-state index is 14.6. The van der Waals surface area contributed by atoms with Crippen LogP contribution in [0, 0.1) is 6.92 Å². The van der Waals surface area contributed by atoms with Crippen LogP contribution in [0.15, 0.2) is 108 Å². The van der Waals surface area contributed by atoms with Gasteiger partial charge >= 0.3 is 0 Å². The lowest BCUT2D eigenvalue weighted by atomic mass is 10.0. The molecule has 0 saturated heterocycles. The lowest BCUT2D eigenvalue weighted by Crippen LogP contribution is -2.53. The van der Waals surface area contributed by atoms with Gasteiger partial charge in [0, 0.05) is 19.5 Å². The first-order valence-electron chi connectivity index (χ1n) is 16.2. The Hall–Kier alpha value is -4.83. The number of nitrogens with zero attached hydrogens (tertiary/aromatic N) is 2. The zero-order valence-electron chi connectivity index (χ0n) is 28.1. The molecule has 254 valence electrons. The molecule has 0 aliphatic carbocycles. The molecular formula is C38H45N3O6S. The quantitative estimate of drug-likeness (QED) is 0.135. The fraction of sp³-hybridized carbons (Fsp3) is 0.316. The molecule has 4 rings (SSSR count). The number of hydrogen-bond acceptors (Lipinski definition) is 6. The molecule has 0 aromatic heterocycles. The summed E-state index contributed by atoms with van der Waals surface area (Å²) in [7, 11) is -2.66. The van der Waals surface area contributed by atoms with E-state index in [-0.39, 0.29) is 23.8 Å². The number of rotatable bonds is 17. The zero-order valence-corrected chi connectivity index (χ0v) is 28.9. The molecule has 1 N–H and O–H groups in total. The molecule has 0 aliphatic heterocycles. The Labute approximate surface area is 284 Å². The monoisotopic (exact) mass is 671 g/mol. The third kappa shape index (κ3) is 9.60. The van der Waals surface area contributed by atoms with E-state index in [1.807, 2.05) is 69.3 Å². The number of sulfonamides is 1. The Balaban J connectivity index is 1.79. The van der Waals surface area contributed by atoms with E-state index in [1.54, 1.807) is 49.6 Å². The van der Waals surface area contributed by atoms with Crippen molar-refractivity contribution in [3.8, 4) is 11.5 Å². The highest BCUT2D eigenvalue weighted by Gasteiger charge is 2.34. The van der Waals surface area contributed by atoms with Crippen molar-refractivity contribution in [3.63, 3.8) is 0 Å². The number of carbonyl (C=O) groups is 2. The predicted octanol–water partition coefficient (Wildman–Crippen LogP) is 6.15. The molecule has 0 saturated carbocycles. The highest BCUT2D eigenvalue weighted by Crippen LogP contribution is 2.27. The van der Waals surface area contributed by atoms with Crippen molar-refractivity contribution < 1.29 is 27.5 Å². The third-order valence-corrected chi connectivity index (χ3v) is 9.70. The molecule has 2 amide bonds. The Kier molecular flexibility index (Phi) is 13.0. The zero-order chi connectivity index (χ0) is 34.5. The minimum absolute atomic E-state index is 0.0109. The van der Waals surface area contributed by atoms with Gasteiger partial charge in [0.1, 0.15) is 24.1 Å². The Morgan fingerprint density at radius 2 is 1.52 bits per heavy atom. The average molecular weight is 672 g/mol. The Morgan fingerprint density at radius 1 is 0.833 bits per heavy atom. The van der Waals surface area contributed by atoms with E-state index in [2.05, 4.69) is 5.32 Å². The molecule has 0 fully saturated rings. The first kappa shape index (κ1) is 36.0. The molecule has 0 radical (unpaired) electrons. The largest absolute Gasteiger partial charge is 0.497 e. The Morgan fingerprint density at radius 3 is 2.17 bits per heavy atom. The number of aryl methyl sites for hydroxylation is 1. The summed E-state index contributed by atoms with van der Waals surface area (Å²) in [6, 6.07) is 28.9. The maximum atomic E-state index is 14.6. The third-order valence-electron chi connectivity index (χ3n) is 7.91. The van der Waals surface area contributed by atoms with Crippen molar-refractivity contribution in [2.75, 3.05) is 31.1 Å². The van der Waals surface area contributed by atoms with Crippen molar-refractivity contribution in [2.45, 2.75) is 57.5 Å². The minimum Gasteiger partial charge on any atom is -0.497 e. The maximum Gasteiger partial charge on any atom is 0.264 e. The van der Waals surface area contributed by atoms with Gasteiger partial charge < -0.3 is 19.7 Å². The van der Waals surface area contributed by atoms with E-state index in [0.29, 0.717) is 30.3 Å². The summed E-state index contributed by atoms with van der Waals surface area (Å²) in [4.78, 5) is 30.0. The molecule has 0 spiro atoms.